The van der Waals surface area contributed by atoms with Crippen molar-refractivity contribution in [2.24, 2.45) is 0 Å². The topological polar surface area (TPSA) is 81.6 Å². The number of phenolic OH excluding ortho intramolecular Hbond substituents is 1. The van der Waals surface area contributed by atoms with Gasteiger partial charge in [0.25, 0.3) is 0 Å². The Labute approximate surface area is 139 Å². The van der Waals surface area contributed by atoms with Gasteiger partial charge >= 0.3 is 6.03 Å². The third kappa shape index (κ3) is 4.61. The molecule has 0 saturated heterocycles. The van der Waals surface area contributed by atoms with Crippen LogP contribution < -0.4 is 10.6 Å². The molecule has 0 aliphatic rings. The summed E-state index contributed by atoms with van der Waals surface area (Å²) in [5, 5.41) is 25.4. The summed E-state index contributed by atoms with van der Waals surface area (Å²) in [5.41, 5.74) is 2.10. The Hall–Kier alpha value is -2.24. The fraction of sp³-hybridized carbons (Fsp3) is 0.235. The highest BCUT2D eigenvalue weighted by Crippen LogP contribution is 2.21. The lowest BCUT2D eigenvalue weighted by Gasteiger charge is -2.21. The zero-order chi connectivity index (χ0) is 17.0. The van der Waals surface area contributed by atoms with Gasteiger partial charge < -0.3 is 20.8 Å². The molecule has 0 unspecified atom stereocenters. The Morgan fingerprint density at radius 2 is 1.83 bits per heavy atom. The Bertz CT molecular complexity index is 689. The van der Waals surface area contributed by atoms with Gasteiger partial charge in [-0.2, -0.15) is 0 Å². The Balaban J connectivity index is 1.95. The zero-order valence-corrected chi connectivity index (χ0v) is 13.6. The van der Waals surface area contributed by atoms with Crippen LogP contribution in [0.15, 0.2) is 42.5 Å². The van der Waals surface area contributed by atoms with E-state index < -0.39 is 18.2 Å². The molecule has 122 valence electrons. The molecule has 2 rings (SSSR count). The molecule has 0 aromatic heterocycles. The van der Waals surface area contributed by atoms with Crippen molar-refractivity contribution in [3.8, 4) is 5.75 Å². The number of hydrogen-bond donors (Lipinski definition) is 4. The first-order valence-corrected chi connectivity index (χ1v) is 7.55. The third-order valence-electron chi connectivity index (χ3n) is 3.50. The molecule has 0 radical (unpaired) electrons. The van der Waals surface area contributed by atoms with Gasteiger partial charge in [0.2, 0.25) is 0 Å². The fourth-order valence-electron chi connectivity index (χ4n) is 2.08. The average molecular weight is 335 g/mol. The quantitative estimate of drug-likeness (QED) is 0.689. The smallest absolute Gasteiger partial charge is 0.319 e. The van der Waals surface area contributed by atoms with E-state index in [1.165, 1.54) is 12.1 Å². The zero-order valence-electron chi connectivity index (χ0n) is 12.9. The molecule has 6 heteroatoms. The summed E-state index contributed by atoms with van der Waals surface area (Å²) in [6.07, 6.45) is -0.886. The average Bonchev–Trinajstić information content (AvgIpc) is 2.51. The van der Waals surface area contributed by atoms with Crippen LogP contribution in [0.4, 0.5) is 10.5 Å². The van der Waals surface area contributed by atoms with Crippen molar-refractivity contribution in [2.45, 2.75) is 26.0 Å². The lowest BCUT2D eigenvalue weighted by atomic mass is 10.0. The molecule has 2 atom stereocenters. The largest absolute Gasteiger partial charge is 0.508 e. The summed E-state index contributed by atoms with van der Waals surface area (Å²) in [6, 6.07) is 10.5. The maximum Gasteiger partial charge on any atom is 0.319 e. The molecular weight excluding hydrogens is 316 g/mol. The number of phenols is 1. The number of benzene rings is 2. The SMILES string of the molecule is Cc1ccc(NC(=O)N[C@H](C)[C@@H](O)c2ccc(O)cc2)cc1Cl. The molecule has 23 heavy (non-hydrogen) atoms. The van der Waals surface area contributed by atoms with E-state index >= 15 is 0 Å². The van der Waals surface area contributed by atoms with E-state index in [4.69, 9.17) is 11.6 Å². The highest BCUT2D eigenvalue weighted by atomic mass is 35.5. The van der Waals surface area contributed by atoms with E-state index in [9.17, 15) is 15.0 Å². The minimum absolute atomic E-state index is 0.121. The first-order chi connectivity index (χ1) is 10.9. The molecule has 0 saturated carbocycles. The van der Waals surface area contributed by atoms with Crippen molar-refractivity contribution in [1.29, 1.82) is 0 Å². The Kier molecular flexibility index (Phi) is 5.47. The van der Waals surface area contributed by atoms with Gasteiger partial charge in [-0.05, 0) is 49.2 Å². The summed E-state index contributed by atoms with van der Waals surface area (Å²) in [5.74, 6) is 0.121. The maximum absolute atomic E-state index is 12.0. The summed E-state index contributed by atoms with van der Waals surface area (Å²) < 4.78 is 0. The van der Waals surface area contributed by atoms with Crippen molar-refractivity contribution in [3.05, 3.63) is 58.6 Å². The van der Waals surface area contributed by atoms with Gasteiger partial charge in [-0.15, -0.1) is 0 Å². The molecule has 2 aromatic carbocycles. The monoisotopic (exact) mass is 334 g/mol. The second kappa shape index (κ2) is 7.35. The molecular formula is C17H19ClN2O3. The van der Waals surface area contributed by atoms with Crippen LogP contribution in [-0.2, 0) is 0 Å². The number of hydrogen-bond acceptors (Lipinski definition) is 3. The molecule has 0 heterocycles. The number of rotatable bonds is 4. The van der Waals surface area contributed by atoms with E-state index in [0.29, 0.717) is 16.3 Å². The van der Waals surface area contributed by atoms with Crippen LogP contribution in [0.2, 0.25) is 5.02 Å². The fourth-order valence-corrected chi connectivity index (χ4v) is 2.26. The normalized spacial score (nSPS) is 13.2. The van der Waals surface area contributed by atoms with E-state index in [1.807, 2.05) is 13.0 Å². The first-order valence-electron chi connectivity index (χ1n) is 7.17. The Morgan fingerprint density at radius 3 is 2.43 bits per heavy atom. The van der Waals surface area contributed by atoms with Crippen LogP contribution in [0.5, 0.6) is 5.75 Å². The molecule has 0 aliphatic heterocycles. The number of aryl methyl sites for hydroxylation is 1. The van der Waals surface area contributed by atoms with E-state index in [-0.39, 0.29) is 5.75 Å². The van der Waals surface area contributed by atoms with Gasteiger partial charge in [-0.1, -0.05) is 29.8 Å². The van der Waals surface area contributed by atoms with Gasteiger partial charge in [0.05, 0.1) is 12.1 Å². The molecule has 2 amide bonds. The standard InChI is InChI=1S/C17H19ClN2O3/c1-10-3-6-13(9-15(10)18)20-17(23)19-11(2)16(22)12-4-7-14(21)8-5-12/h3-9,11,16,21-22H,1-2H3,(H2,19,20,23)/t11-,16-/m1/s1. The number of carbonyl (C=O) groups is 1. The molecule has 0 spiro atoms. The van der Waals surface area contributed by atoms with Gasteiger partial charge in [0.15, 0.2) is 0 Å². The number of aromatic hydroxyl groups is 1. The minimum Gasteiger partial charge on any atom is -0.508 e. The van der Waals surface area contributed by atoms with Crippen molar-refractivity contribution in [1.82, 2.24) is 5.32 Å². The lowest BCUT2D eigenvalue weighted by molar-refractivity contribution is 0.139. The third-order valence-corrected chi connectivity index (χ3v) is 3.90. The highest BCUT2D eigenvalue weighted by molar-refractivity contribution is 6.31. The summed E-state index contributed by atoms with van der Waals surface area (Å²) in [7, 11) is 0. The summed E-state index contributed by atoms with van der Waals surface area (Å²) in [4.78, 5) is 12.0. The van der Waals surface area contributed by atoms with Crippen LogP contribution in [0, 0.1) is 6.92 Å². The van der Waals surface area contributed by atoms with Crippen LogP contribution in [0.3, 0.4) is 0 Å². The molecule has 4 N–H and O–H groups in total. The van der Waals surface area contributed by atoms with Crippen LogP contribution in [0.1, 0.15) is 24.2 Å². The predicted octanol–water partition coefficient (Wildman–Crippen LogP) is 3.60. The lowest BCUT2D eigenvalue weighted by Crippen LogP contribution is -2.39. The number of halogens is 1. The van der Waals surface area contributed by atoms with E-state index in [1.54, 1.807) is 31.2 Å². The van der Waals surface area contributed by atoms with Crippen LogP contribution in [-0.4, -0.2) is 22.3 Å². The van der Waals surface area contributed by atoms with Crippen molar-refractivity contribution < 1.29 is 15.0 Å². The van der Waals surface area contributed by atoms with E-state index in [2.05, 4.69) is 10.6 Å². The number of amides is 2. The second-order valence-corrected chi connectivity index (χ2v) is 5.79. The molecule has 0 fully saturated rings. The minimum atomic E-state index is -0.886. The van der Waals surface area contributed by atoms with Gasteiger partial charge in [-0.3, -0.25) is 0 Å². The molecule has 5 nitrogen and oxygen atoms in total. The van der Waals surface area contributed by atoms with Crippen molar-refractivity contribution >= 4 is 23.3 Å². The summed E-state index contributed by atoms with van der Waals surface area (Å²) in [6.45, 7) is 3.57. The number of aliphatic hydroxyl groups excluding tert-OH is 1. The van der Waals surface area contributed by atoms with Crippen LogP contribution in [0.25, 0.3) is 0 Å². The predicted molar refractivity (Wildman–Crippen MR) is 90.9 cm³/mol. The number of aliphatic hydroxyl groups is 1. The van der Waals surface area contributed by atoms with Gasteiger partial charge in [0.1, 0.15) is 5.75 Å². The number of nitrogens with one attached hydrogen (secondary N) is 2. The van der Waals surface area contributed by atoms with Crippen molar-refractivity contribution in [3.63, 3.8) is 0 Å². The van der Waals surface area contributed by atoms with E-state index in [0.717, 1.165) is 5.56 Å². The number of carbonyl (C=O) groups excluding carboxylic acids is 1. The maximum atomic E-state index is 12.0. The molecule has 0 bridgehead atoms. The van der Waals surface area contributed by atoms with Gasteiger partial charge in [-0.25, -0.2) is 4.79 Å². The van der Waals surface area contributed by atoms with Crippen molar-refractivity contribution in [2.75, 3.05) is 5.32 Å². The van der Waals surface area contributed by atoms with Gasteiger partial charge in [0, 0.05) is 10.7 Å². The molecule has 0 aliphatic carbocycles. The highest BCUT2D eigenvalue weighted by Gasteiger charge is 2.18. The molecule has 2 aromatic rings. The first kappa shape index (κ1) is 17.1. The van der Waals surface area contributed by atoms with Crippen LogP contribution >= 0.6 is 11.6 Å². The Morgan fingerprint density at radius 1 is 1.17 bits per heavy atom. The second-order valence-electron chi connectivity index (χ2n) is 5.39. The summed E-state index contributed by atoms with van der Waals surface area (Å²) >= 11 is 6.01. The number of anilines is 1. The number of urea groups is 1.